The molecule has 168 valence electrons. The van der Waals surface area contributed by atoms with Crippen molar-refractivity contribution in [1.82, 2.24) is 14.3 Å². The zero-order valence-corrected chi connectivity index (χ0v) is 18.4. The summed E-state index contributed by atoms with van der Waals surface area (Å²) in [6.45, 7) is 2.40. The number of esters is 2. The van der Waals surface area contributed by atoms with Crippen molar-refractivity contribution < 1.29 is 19.1 Å². The van der Waals surface area contributed by atoms with E-state index in [1.807, 2.05) is 13.0 Å². The van der Waals surface area contributed by atoms with Gasteiger partial charge in [-0.25, -0.2) is 9.59 Å². The number of carbonyl (C=O) groups is 2. The van der Waals surface area contributed by atoms with Gasteiger partial charge in [0.2, 0.25) is 0 Å². The first-order chi connectivity index (χ1) is 16.0. The number of hydrogen-bond acceptors (Lipinski definition) is 6. The second-order valence-corrected chi connectivity index (χ2v) is 7.42. The molecule has 0 saturated heterocycles. The largest absolute Gasteiger partial charge is 0.465 e. The predicted octanol–water partition coefficient (Wildman–Crippen LogP) is 3.87. The van der Waals surface area contributed by atoms with Crippen molar-refractivity contribution in [3.63, 3.8) is 0 Å². The molecule has 2 aromatic carbocycles. The van der Waals surface area contributed by atoms with Gasteiger partial charge < -0.3 is 14.0 Å². The van der Waals surface area contributed by atoms with Gasteiger partial charge in [-0.05, 0) is 42.8 Å². The number of methoxy groups -OCH3 is 1. The highest BCUT2D eigenvalue weighted by Crippen LogP contribution is 2.25. The highest BCUT2D eigenvalue weighted by Gasteiger charge is 2.25. The highest BCUT2D eigenvalue weighted by molar-refractivity contribution is 5.96. The first-order valence-electron chi connectivity index (χ1n) is 10.6. The Morgan fingerprint density at radius 1 is 0.939 bits per heavy atom. The monoisotopic (exact) mass is 445 g/mol. The number of hydrogen-bond donors (Lipinski definition) is 0. The Morgan fingerprint density at radius 3 is 2.33 bits per heavy atom. The summed E-state index contributed by atoms with van der Waals surface area (Å²) in [5.74, 6) is -1.00. The topological polar surface area (TPSA) is 92.4 Å². The van der Waals surface area contributed by atoms with Crippen molar-refractivity contribution in [2.24, 2.45) is 0 Å². The Balaban J connectivity index is 1.76. The molecule has 4 rings (SSSR count). The third kappa shape index (κ3) is 4.41. The van der Waals surface area contributed by atoms with Crippen LogP contribution in [-0.4, -0.2) is 40.0 Å². The van der Waals surface area contributed by atoms with E-state index in [1.165, 1.54) is 11.8 Å². The standard InChI is InChI=1S/C25H23N3O5/c1-3-4-14-33-24(30)17-10-12-18(13-11-17)27-15-20-22(21(16-27)25(31)32-2)26-28(23(20)29)19-8-6-5-7-9-19/h5-13,15-16H,3-4,14H2,1-2H3. The number of carbonyl (C=O) groups excluding carboxylic acids is 2. The van der Waals surface area contributed by atoms with Crippen molar-refractivity contribution >= 4 is 11.9 Å². The van der Waals surface area contributed by atoms with Crippen LogP contribution < -0.4 is 5.56 Å². The van der Waals surface area contributed by atoms with E-state index in [9.17, 15) is 14.4 Å². The van der Waals surface area contributed by atoms with E-state index in [4.69, 9.17) is 9.47 Å². The van der Waals surface area contributed by atoms with E-state index in [0.29, 0.717) is 23.5 Å². The quantitative estimate of drug-likeness (QED) is 0.317. The maximum Gasteiger partial charge on any atom is 0.341 e. The molecule has 0 spiro atoms. The van der Waals surface area contributed by atoms with E-state index in [-0.39, 0.29) is 22.4 Å². The minimum atomic E-state index is -0.608. The smallest absolute Gasteiger partial charge is 0.341 e. The first kappa shape index (κ1) is 22.0. The van der Waals surface area contributed by atoms with E-state index in [2.05, 4.69) is 5.10 Å². The second-order valence-electron chi connectivity index (χ2n) is 7.42. The summed E-state index contributed by atoms with van der Waals surface area (Å²) in [6, 6.07) is 15.7. The van der Waals surface area contributed by atoms with Crippen LogP contribution in [-0.2, 0) is 9.47 Å². The highest BCUT2D eigenvalue weighted by atomic mass is 16.5. The van der Waals surface area contributed by atoms with Crippen molar-refractivity contribution in [2.75, 3.05) is 13.7 Å². The molecule has 2 aliphatic heterocycles. The number of rotatable bonds is 7. The zero-order chi connectivity index (χ0) is 23.4. The normalized spacial score (nSPS) is 10.8. The molecule has 33 heavy (non-hydrogen) atoms. The van der Waals surface area contributed by atoms with Gasteiger partial charge in [-0.15, -0.1) is 0 Å². The summed E-state index contributed by atoms with van der Waals surface area (Å²) < 4.78 is 13.1. The number of para-hydroxylation sites is 1. The molecule has 0 aliphatic carbocycles. The molecule has 0 unspecified atom stereocenters. The maximum atomic E-state index is 13.1. The van der Waals surface area contributed by atoms with Crippen molar-refractivity contribution in [3.05, 3.63) is 88.5 Å². The molecule has 0 amide bonds. The second kappa shape index (κ2) is 9.52. The fourth-order valence-electron chi connectivity index (χ4n) is 3.42. The van der Waals surface area contributed by atoms with Crippen LogP contribution in [0.15, 0.2) is 71.8 Å². The number of aromatic nitrogens is 3. The van der Waals surface area contributed by atoms with Gasteiger partial charge in [-0.1, -0.05) is 31.5 Å². The molecule has 0 N–H and O–H groups in total. The lowest BCUT2D eigenvalue weighted by Crippen LogP contribution is -2.15. The third-order valence-corrected chi connectivity index (χ3v) is 5.21. The molecular weight excluding hydrogens is 422 g/mol. The molecule has 2 aliphatic rings. The van der Waals surface area contributed by atoms with Gasteiger partial charge in [0.05, 0.1) is 30.5 Å². The number of pyridine rings is 1. The lowest BCUT2D eigenvalue weighted by Gasteiger charge is -2.12. The Bertz CT molecular complexity index is 1310. The molecule has 2 heterocycles. The number of nitrogens with zero attached hydrogens (tertiary/aromatic N) is 3. The summed E-state index contributed by atoms with van der Waals surface area (Å²) in [7, 11) is 1.27. The van der Waals surface area contributed by atoms with Gasteiger partial charge in [0.1, 0.15) is 11.3 Å². The van der Waals surface area contributed by atoms with E-state index in [0.717, 1.165) is 12.8 Å². The van der Waals surface area contributed by atoms with Gasteiger partial charge in [-0.2, -0.15) is 9.78 Å². The molecule has 2 aromatic rings. The van der Waals surface area contributed by atoms with Gasteiger partial charge in [0.15, 0.2) is 0 Å². The fourth-order valence-corrected chi connectivity index (χ4v) is 3.42. The lowest BCUT2D eigenvalue weighted by molar-refractivity contribution is 0.0499. The molecule has 8 nitrogen and oxygen atoms in total. The molecular formula is C25H23N3O5. The van der Waals surface area contributed by atoms with Gasteiger partial charge >= 0.3 is 11.9 Å². The average Bonchev–Trinajstić information content (AvgIpc) is 3.20. The first-order valence-corrected chi connectivity index (χ1v) is 10.6. The third-order valence-electron chi connectivity index (χ3n) is 5.21. The minimum absolute atomic E-state index is 0.157. The molecule has 0 fully saturated rings. The van der Waals surface area contributed by atoms with E-state index < -0.39 is 11.9 Å². The maximum absolute atomic E-state index is 13.1. The fraction of sp³-hybridized carbons (Fsp3) is 0.200. The van der Waals surface area contributed by atoms with Gasteiger partial charge in [0.25, 0.3) is 5.56 Å². The van der Waals surface area contributed by atoms with Crippen LogP contribution >= 0.6 is 0 Å². The number of ether oxygens (including phenoxy) is 2. The van der Waals surface area contributed by atoms with Crippen LogP contribution in [0, 0.1) is 0 Å². The number of unbranched alkanes of at least 4 members (excludes halogenated alkanes) is 1. The molecule has 0 bridgehead atoms. The minimum Gasteiger partial charge on any atom is -0.465 e. The van der Waals surface area contributed by atoms with Gasteiger partial charge in [-0.3, -0.25) is 4.79 Å². The Hall–Kier alpha value is -4.20. The Labute approximate surface area is 190 Å². The Kier molecular flexibility index (Phi) is 6.35. The van der Waals surface area contributed by atoms with Crippen LogP contribution in [0.1, 0.15) is 40.5 Å². The van der Waals surface area contributed by atoms with Crippen molar-refractivity contribution in [3.8, 4) is 22.6 Å². The summed E-state index contributed by atoms with van der Waals surface area (Å²) in [5, 5.41) is 4.39. The average molecular weight is 445 g/mol. The van der Waals surface area contributed by atoms with Gasteiger partial charge in [0, 0.05) is 18.1 Å². The van der Waals surface area contributed by atoms with E-state index >= 15 is 0 Å². The SMILES string of the molecule is CCCCOC(=O)c1ccc(-n2cc(C(=O)OC)c3nn(-c4ccccc4)c(=O)c-3c2)cc1. The summed E-state index contributed by atoms with van der Waals surface area (Å²) in [6.07, 6.45) is 4.93. The molecule has 8 heteroatoms. The predicted molar refractivity (Wildman–Crippen MR) is 122 cm³/mol. The molecule has 0 atom stereocenters. The van der Waals surface area contributed by atoms with Crippen LogP contribution in [0.2, 0.25) is 0 Å². The van der Waals surface area contributed by atoms with E-state index in [1.54, 1.807) is 65.5 Å². The van der Waals surface area contributed by atoms with Crippen LogP contribution in [0.4, 0.5) is 0 Å². The Morgan fingerprint density at radius 2 is 1.67 bits per heavy atom. The summed E-state index contributed by atoms with van der Waals surface area (Å²) in [4.78, 5) is 37.8. The molecule has 0 saturated carbocycles. The van der Waals surface area contributed by atoms with Crippen molar-refractivity contribution in [1.29, 1.82) is 0 Å². The van der Waals surface area contributed by atoms with Crippen molar-refractivity contribution in [2.45, 2.75) is 19.8 Å². The molecule has 0 radical (unpaired) electrons. The molecule has 0 aromatic heterocycles. The van der Waals surface area contributed by atoms with Crippen LogP contribution in [0.3, 0.4) is 0 Å². The van der Waals surface area contributed by atoms with Crippen LogP contribution in [0.25, 0.3) is 22.6 Å². The van der Waals surface area contributed by atoms with Crippen LogP contribution in [0.5, 0.6) is 0 Å². The number of benzene rings is 2. The summed E-state index contributed by atoms with van der Waals surface area (Å²) in [5.41, 5.74) is 1.99. The number of fused-ring (bicyclic) bond motifs is 1. The lowest BCUT2D eigenvalue weighted by atomic mass is 10.1. The summed E-state index contributed by atoms with van der Waals surface area (Å²) >= 11 is 0. The zero-order valence-electron chi connectivity index (χ0n) is 18.4.